The van der Waals surface area contributed by atoms with E-state index in [2.05, 4.69) is 10.2 Å². The van der Waals surface area contributed by atoms with Gasteiger partial charge in [0, 0.05) is 56.0 Å². The Kier molecular flexibility index (Phi) is 5.55. The van der Waals surface area contributed by atoms with E-state index in [9.17, 15) is 23.1 Å². The summed E-state index contributed by atoms with van der Waals surface area (Å²) in [6, 6.07) is 7.25. The second kappa shape index (κ2) is 8.31. The van der Waals surface area contributed by atoms with Crippen molar-refractivity contribution in [2.24, 2.45) is 11.3 Å². The summed E-state index contributed by atoms with van der Waals surface area (Å²) in [5.41, 5.74) is 0.212. The van der Waals surface area contributed by atoms with Crippen LogP contribution in [0.5, 0.6) is 0 Å². The standard InChI is InChI=1S/C24H26F3N5O2/c25-24(26,27)19-9-18(4-3-16(19)11-28)31-7-5-23(6-8-31)14-32(12-17(23)13-33)22(34)21-10-20(29-30-21)15-1-2-15/h3-4,9-10,15,17,33H,1-2,5-8,12-14H2,(H,29,30). The molecule has 1 unspecified atom stereocenters. The van der Waals surface area contributed by atoms with Crippen LogP contribution in [0.4, 0.5) is 18.9 Å². The number of hydrogen-bond acceptors (Lipinski definition) is 5. The van der Waals surface area contributed by atoms with E-state index >= 15 is 0 Å². The molecule has 1 aromatic carbocycles. The van der Waals surface area contributed by atoms with Crippen LogP contribution in [0.15, 0.2) is 24.3 Å². The Balaban J connectivity index is 1.29. The molecule has 180 valence electrons. The maximum absolute atomic E-state index is 13.4. The zero-order valence-electron chi connectivity index (χ0n) is 18.6. The van der Waals surface area contributed by atoms with Gasteiger partial charge >= 0.3 is 6.18 Å². The first-order valence-corrected chi connectivity index (χ1v) is 11.6. The SMILES string of the molecule is N#Cc1ccc(N2CCC3(CC2)CN(C(=O)c2cc(C4CC4)[nH]n2)CC3CO)cc1C(F)(F)F. The lowest BCUT2D eigenvalue weighted by molar-refractivity contribution is -0.137. The van der Waals surface area contributed by atoms with Crippen molar-refractivity contribution in [2.45, 2.75) is 37.8 Å². The lowest BCUT2D eigenvalue weighted by atomic mass is 9.71. The molecule has 2 N–H and O–H groups in total. The Morgan fingerprint density at radius 1 is 1.26 bits per heavy atom. The summed E-state index contributed by atoms with van der Waals surface area (Å²) < 4.78 is 40.2. The number of benzene rings is 1. The zero-order chi connectivity index (χ0) is 24.1. The number of likely N-dealkylation sites (tertiary alicyclic amines) is 1. The van der Waals surface area contributed by atoms with Gasteiger partial charge in [0.1, 0.15) is 5.69 Å². The monoisotopic (exact) mass is 473 g/mol. The molecule has 2 aliphatic heterocycles. The van der Waals surface area contributed by atoms with E-state index in [-0.39, 0.29) is 23.8 Å². The molecule has 1 aromatic heterocycles. The molecular formula is C24H26F3N5O2. The third-order valence-corrected chi connectivity index (χ3v) is 7.71. The van der Waals surface area contributed by atoms with Crippen LogP contribution in [0, 0.1) is 22.7 Å². The van der Waals surface area contributed by atoms with Gasteiger partial charge in [-0.05, 0) is 55.4 Å². The molecule has 3 aliphatic rings. The lowest BCUT2D eigenvalue weighted by Gasteiger charge is -2.43. The molecule has 2 saturated heterocycles. The van der Waals surface area contributed by atoms with Crippen molar-refractivity contribution in [2.75, 3.05) is 37.7 Å². The largest absolute Gasteiger partial charge is 0.417 e. The summed E-state index contributed by atoms with van der Waals surface area (Å²) in [6.07, 6.45) is -1.09. The summed E-state index contributed by atoms with van der Waals surface area (Å²) in [6.45, 7) is 1.91. The first-order valence-electron chi connectivity index (χ1n) is 11.6. The molecule has 0 bridgehead atoms. The number of carbonyl (C=O) groups excluding carboxylic acids is 1. The maximum Gasteiger partial charge on any atom is 0.417 e. The van der Waals surface area contributed by atoms with Crippen LogP contribution < -0.4 is 4.90 Å². The first kappa shape index (κ1) is 22.7. The van der Waals surface area contributed by atoms with Crippen LogP contribution in [0.3, 0.4) is 0 Å². The molecule has 1 atom stereocenters. The highest BCUT2D eigenvalue weighted by Crippen LogP contribution is 2.46. The number of carbonyl (C=O) groups is 1. The average Bonchev–Trinajstić information content (AvgIpc) is 3.45. The van der Waals surface area contributed by atoms with Gasteiger partial charge in [-0.1, -0.05) is 0 Å². The molecule has 3 fully saturated rings. The van der Waals surface area contributed by atoms with E-state index < -0.39 is 17.3 Å². The van der Waals surface area contributed by atoms with Crippen LogP contribution in [0.1, 0.15) is 58.9 Å². The molecule has 1 aliphatic carbocycles. The van der Waals surface area contributed by atoms with Crippen molar-refractivity contribution in [1.29, 1.82) is 5.26 Å². The summed E-state index contributed by atoms with van der Waals surface area (Å²) in [4.78, 5) is 16.7. The summed E-state index contributed by atoms with van der Waals surface area (Å²) >= 11 is 0. The summed E-state index contributed by atoms with van der Waals surface area (Å²) in [5.74, 6) is 0.225. The second-order valence-corrected chi connectivity index (χ2v) is 9.74. The zero-order valence-corrected chi connectivity index (χ0v) is 18.6. The van der Waals surface area contributed by atoms with Gasteiger partial charge in [0.05, 0.1) is 17.2 Å². The van der Waals surface area contributed by atoms with Gasteiger partial charge < -0.3 is 14.9 Å². The fourth-order valence-corrected chi connectivity index (χ4v) is 5.49. The number of rotatable bonds is 4. The number of halogens is 3. The van der Waals surface area contributed by atoms with Crippen LogP contribution in [-0.4, -0.2) is 58.9 Å². The van der Waals surface area contributed by atoms with Gasteiger partial charge in [-0.2, -0.15) is 23.5 Å². The number of aromatic nitrogens is 2. The topological polar surface area (TPSA) is 96.3 Å². The number of aromatic amines is 1. The van der Waals surface area contributed by atoms with E-state index in [0.717, 1.165) is 24.6 Å². The molecule has 2 aromatic rings. The van der Waals surface area contributed by atoms with Gasteiger partial charge in [0.15, 0.2) is 0 Å². The fraction of sp³-hybridized carbons (Fsp3) is 0.542. The Morgan fingerprint density at radius 3 is 2.62 bits per heavy atom. The number of hydrogen-bond donors (Lipinski definition) is 2. The minimum atomic E-state index is -4.60. The summed E-state index contributed by atoms with van der Waals surface area (Å²) in [5, 5.41) is 26.3. The third-order valence-electron chi connectivity index (χ3n) is 7.71. The molecular weight excluding hydrogens is 447 g/mol. The Bertz CT molecular complexity index is 1130. The number of piperidine rings is 1. The Morgan fingerprint density at radius 2 is 2.00 bits per heavy atom. The number of amides is 1. The lowest BCUT2D eigenvalue weighted by Crippen LogP contribution is -2.45. The normalized spacial score (nSPS) is 22.3. The molecule has 34 heavy (non-hydrogen) atoms. The highest BCUT2D eigenvalue weighted by Gasteiger charge is 2.49. The maximum atomic E-state index is 13.4. The predicted molar refractivity (Wildman–Crippen MR) is 117 cm³/mol. The van der Waals surface area contributed by atoms with Crippen LogP contribution in [0.2, 0.25) is 0 Å². The number of nitrogens with one attached hydrogen (secondary N) is 1. The van der Waals surface area contributed by atoms with E-state index in [1.807, 2.05) is 11.0 Å². The molecule has 3 heterocycles. The molecule has 7 nitrogen and oxygen atoms in total. The van der Waals surface area contributed by atoms with Gasteiger partial charge in [-0.15, -0.1) is 0 Å². The molecule has 1 saturated carbocycles. The number of aliphatic hydroxyl groups excluding tert-OH is 1. The molecule has 0 radical (unpaired) electrons. The number of anilines is 1. The van der Waals surface area contributed by atoms with Gasteiger partial charge in [0.2, 0.25) is 0 Å². The number of nitriles is 1. The van der Waals surface area contributed by atoms with Crippen LogP contribution in [0.25, 0.3) is 0 Å². The minimum Gasteiger partial charge on any atom is -0.396 e. The average molecular weight is 473 g/mol. The minimum absolute atomic E-state index is 0.0489. The molecule has 1 amide bonds. The summed E-state index contributed by atoms with van der Waals surface area (Å²) in [7, 11) is 0. The van der Waals surface area contributed by atoms with Crippen LogP contribution in [-0.2, 0) is 6.18 Å². The Hall–Kier alpha value is -3.06. The van der Waals surface area contributed by atoms with Crippen molar-refractivity contribution < 1.29 is 23.1 Å². The van der Waals surface area contributed by atoms with E-state index in [1.54, 1.807) is 17.0 Å². The van der Waals surface area contributed by atoms with Gasteiger partial charge in [-0.25, -0.2) is 0 Å². The van der Waals surface area contributed by atoms with Gasteiger partial charge in [0.25, 0.3) is 5.91 Å². The van der Waals surface area contributed by atoms with Crippen molar-refractivity contribution in [3.63, 3.8) is 0 Å². The molecule has 1 spiro atoms. The third kappa shape index (κ3) is 4.02. The molecule has 5 rings (SSSR count). The van der Waals surface area contributed by atoms with Crippen LogP contribution >= 0.6 is 0 Å². The smallest absolute Gasteiger partial charge is 0.396 e. The van der Waals surface area contributed by atoms with Crippen molar-refractivity contribution >= 4 is 11.6 Å². The van der Waals surface area contributed by atoms with E-state index in [4.69, 9.17) is 5.26 Å². The number of nitrogens with zero attached hydrogens (tertiary/aromatic N) is 4. The second-order valence-electron chi connectivity index (χ2n) is 9.74. The van der Waals surface area contributed by atoms with Crippen molar-refractivity contribution in [3.8, 4) is 6.07 Å². The fourth-order valence-electron chi connectivity index (χ4n) is 5.49. The Labute approximate surface area is 195 Å². The quantitative estimate of drug-likeness (QED) is 0.708. The molecule has 10 heteroatoms. The first-order chi connectivity index (χ1) is 16.2. The number of aliphatic hydroxyl groups is 1. The van der Waals surface area contributed by atoms with Crippen molar-refractivity contribution in [3.05, 3.63) is 46.8 Å². The predicted octanol–water partition coefficient (Wildman–Crippen LogP) is 3.53. The number of alkyl halides is 3. The highest BCUT2D eigenvalue weighted by molar-refractivity contribution is 5.92. The van der Waals surface area contributed by atoms with E-state index in [1.165, 1.54) is 6.07 Å². The highest BCUT2D eigenvalue weighted by atomic mass is 19.4. The van der Waals surface area contributed by atoms with Crippen molar-refractivity contribution in [1.82, 2.24) is 15.1 Å². The van der Waals surface area contributed by atoms with Gasteiger partial charge in [-0.3, -0.25) is 9.89 Å². The van der Waals surface area contributed by atoms with E-state index in [0.29, 0.717) is 56.3 Å². The number of H-pyrrole nitrogens is 1.